The second kappa shape index (κ2) is 10.6. The topological polar surface area (TPSA) is 77.2 Å². The molecule has 0 saturated carbocycles. The van der Waals surface area contributed by atoms with E-state index < -0.39 is 12.8 Å². The average molecular weight is 465 g/mol. The van der Waals surface area contributed by atoms with Gasteiger partial charge in [0.25, 0.3) is 5.91 Å². The first-order chi connectivity index (χ1) is 15.2. The van der Waals surface area contributed by atoms with Gasteiger partial charge in [-0.1, -0.05) is 29.4 Å². The van der Waals surface area contributed by atoms with E-state index in [1.165, 1.54) is 11.8 Å². The number of carbonyl (C=O) groups excluding carboxylic acids is 1. The van der Waals surface area contributed by atoms with Crippen molar-refractivity contribution in [3.8, 4) is 0 Å². The van der Waals surface area contributed by atoms with Crippen LogP contribution in [0.25, 0.3) is 0 Å². The number of alkyl halides is 3. The third-order valence-corrected chi connectivity index (χ3v) is 5.59. The summed E-state index contributed by atoms with van der Waals surface area (Å²) in [6.45, 7) is 2.56. The number of nitrogens with zero attached hydrogens (tertiary/aromatic N) is 2. The molecule has 0 radical (unpaired) electrons. The molecule has 1 N–H and O–H groups in total. The van der Waals surface area contributed by atoms with Crippen LogP contribution in [-0.4, -0.2) is 28.8 Å². The van der Waals surface area contributed by atoms with E-state index in [2.05, 4.69) is 20.2 Å². The highest BCUT2D eigenvalue weighted by atomic mass is 32.2. The Hall–Kier alpha value is -2.85. The van der Waals surface area contributed by atoms with E-state index in [1.807, 2.05) is 13.8 Å². The third-order valence-electron chi connectivity index (χ3n) is 4.56. The Bertz CT molecular complexity index is 1030. The number of benzene rings is 1. The molecule has 6 nitrogen and oxygen atoms in total. The molecule has 3 rings (SSSR count). The molecule has 0 fully saturated rings. The zero-order valence-electron chi connectivity index (χ0n) is 17.5. The summed E-state index contributed by atoms with van der Waals surface area (Å²) >= 11 is 1.43. The fraction of sp³-hybridized carbons (Fsp3) is 0.318. The minimum atomic E-state index is -4.35. The number of aryl methyl sites for hydroxylation is 2. The summed E-state index contributed by atoms with van der Waals surface area (Å²) in [5.74, 6) is 1.05. The smallest absolute Gasteiger partial charge is 0.367 e. The first kappa shape index (κ1) is 23.8. The van der Waals surface area contributed by atoms with Crippen LogP contribution in [0, 0.1) is 13.8 Å². The molecule has 0 atom stereocenters. The zero-order chi connectivity index (χ0) is 23.1. The van der Waals surface area contributed by atoms with Gasteiger partial charge in [0.1, 0.15) is 17.4 Å². The quantitative estimate of drug-likeness (QED) is 0.449. The van der Waals surface area contributed by atoms with Gasteiger partial charge in [0.2, 0.25) is 0 Å². The number of aromatic nitrogens is 2. The van der Waals surface area contributed by atoms with Crippen LogP contribution in [0.15, 0.2) is 52.1 Å². The number of hydrogen-bond acceptors (Lipinski definition) is 6. The lowest BCUT2D eigenvalue weighted by Crippen LogP contribution is -2.23. The molecule has 32 heavy (non-hydrogen) atoms. The van der Waals surface area contributed by atoms with Crippen LogP contribution in [0.5, 0.6) is 0 Å². The van der Waals surface area contributed by atoms with E-state index in [-0.39, 0.29) is 19.1 Å². The van der Waals surface area contributed by atoms with Crippen molar-refractivity contribution in [1.29, 1.82) is 0 Å². The van der Waals surface area contributed by atoms with Crippen LogP contribution in [0.3, 0.4) is 0 Å². The molecule has 1 amide bonds. The second-order valence-electron chi connectivity index (χ2n) is 7.05. The molecule has 0 aliphatic rings. The molecular weight excluding hydrogens is 443 g/mol. The number of halogens is 3. The third kappa shape index (κ3) is 6.83. The van der Waals surface area contributed by atoms with Crippen LogP contribution in [0.1, 0.15) is 38.5 Å². The molecule has 0 aliphatic heterocycles. The van der Waals surface area contributed by atoms with Crippen molar-refractivity contribution >= 4 is 17.7 Å². The van der Waals surface area contributed by atoms with Crippen LogP contribution >= 0.6 is 11.8 Å². The van der Waals surface area contributed by atoms with Crippen molar-refractivity contribution in [2.45, 2.75) is 44.0 Å². The minimum Gasteiger partial charge on any atom is -0.367 e. The monoisotopic (exact) mass is 465 g/mol. The molecule has 0 aliphatic carbocycles. The Morgan fingerprint density at radius 3 is 2.53 bits per heavy atom. The lowest BCUT2D eigenvalue weighted by molar-refractivity contribution is -0.176. The summed E-state index contributed by atoms with van der Waals surface area (Å²) in [6, 6.07) is 10.2. The summed E-state index contributed by atoms with van der Waals surface area (Å²) in [5, 5.41) is 7.39. The molecule has 0 bridgehead atoms. The largest absolute Gasteiger partial charge is 0.411 e. The number of thioether (sulfide) groups is 1. The Balaban J connectivity index is 1.55. The predicted octanol–water partition coefficient (Wildman–Crippen LogP) is 4.99. The SMILES string of the molecule is Cc1noc(C)c1CSc1ncccc1C(=O)NCc1ccc(COCC(F)(F)F)cc1. The van der Waals surface area contributed by atoms with Crippen molar-refractivity contribution in [1.82, 2.24) is 15.5 Å². The van der Waals surface area contributed by atoms with Gasteiger partial charge in [0, 0.05) is 24.1 Å². The maximum atomic E-state index is 12.7. The van der Waals surface area contributed by atoms with Gasteiger partial charge >= 0.3 is 6.18 Å². The molecule has 170 valence electrons. The van der Waals surface area contributed by atoms with E-state index in [0.717, 1.165) is 22.6 Å². The van der Waals surface area contributed by atoms with Gasteiger partial charge in [-0.3, -0.25) is 4.79 Å². The number of amides is 1. The number of hydrogen-bond donors (Lipinski definition) is 1. The summed E-state index contributed by atoms with van der Waals surface area (Å²) in [4.78, 5) is 17.0. The van der Waals surface area contributed by atoms with Crippen LogP contribution in [0.2, 0.25) is 0 Å². The van der Waals surface area contributed by atoms with Crippen molar-refractivity contribution < 1.29 is 27.2 Å². The number of rotatable bonds is 9. The summed E-state index contributed by atoms with van der Waals surface area (Å²) in [5.41, 5.74) is 3.68. The highest BCUT2D eigenvalue weighted by Gasteiger charge is 2.27. The lowest BCUT2D eigenvalue weighted by Gasteiger charge is -2.10. The number of pyridine rings is 1. The number of carbonyl (C=O) groups is 1. The Labute approximate surface area is 187 Å². The van der Waals surface area contributed by atoms with Gasteiger partial charge in [0.15, 0.2) is 0 Å². The molecule has 0 spiro atoms. The maximum Gasteiger partial charge on any atom is 0.411 e. The number of ether oxygens (including phenoxy) is 1. The first-order valence-corrected chi connectivity index (χ1v) is 10.7. The molecule has 2 aromatic heterocycles. The van der Waals surface area contributed by atoms with E-state index in [4.69, 9.17) is 4.52 Å². The highest BCUT2D eigenvalue weighted by molar-refractivity contribution is 7.98. The fourth-order valence-electron chi connectivity index (χ4n) is 2.84. The first-order valence-electron chi connectivity index (χ1n) is 9.73. The summed E-state index contributed by atoms with van der Waals surface area (Å²) in [6.07, 6.45) is -2.72. The molecule has 0 unspecified atom stereocenters. The van der Waals surface area contributed by atoms with Gasteiger partial charge in [-0.15, -0.1) is 11.8 Å². The van der Waals surface area contributed by atoms with E-state index in [1.54, 1.807) is 42.6 Å². The van der Waals surface area contributed by atoms with E-state index in [9.17, 15) is 18.0 Å². The maximum absolute atomic E-state index is 12.7. The van der Waals surface area contributed by atoms with Crippen LogP contribution in [-0.2, 0) is 23.6 Å². The lowest BCUT2D eigenvalue weighted by atomic mass is 10.1. The molecule has 0 saturated heterocycles. The molecule has 1 aromatic carbocycles. The van der Waals surface area contributed by atoms with Gasteiger partial charge < -0.3 is 14.6 Å². The molecule has 2 heterocycles. The Morgan fingerprint density at radius 1 is 1.16 bits per heavy atom. The van der Waals surface area contributed by atoms with Crippen LogP contribution < -0.4 is 5.32 Å². The van der Waals surface area contributed by atoms with Gasteiger partial charge in [-0.2, -0.15) is 13.2 Å². The highest BCUT2D eigenvalue weighted by Crippen LogP contribution is 2.27. The van der Waals surface area contributed by atoms with Crippen molar-refractivity contribution in [2.24, 2.45) is 0 Å². The zero-order valence-corrected chi connectivity index (χ0v) is 18.3. The van der Waals surface area contributed by atoms with Crippen molar-refractivity contribution in [2.75, 3.05) is 6.61 Å². The van der Waals surface area contributed by atoms with E-state index in [0.29, 0.717) is 21.9 Å². The average Bonchev–Trinajstić information content (AvgIpc) is 3.08. The Kier molecular flexibility index (Phi) is 7.92. The standard InChI is InChI=1S/C22H22F3N3O3S/c1-14-19(15(2)31-28-14)12-32-21-18(4-3-9-26-21)20(29)27-10-16-5-7-17(8-6-16)11-30-13-22(23,24)25/h3-9H,10-13H2,1-2H3,(H,27,29). The van der Waals surface area contributed by atoms with Crippen molar-refractivity contribution in [3.63, 3.8) is 0 Å². The fourth-order valence-corrected chi connectivity index (χ4v) is 3.99. The summed E-state index contributed by atoms with van der Waals surface area (Å²) < 4.78 is 46.2. The Morgan fingerprint density at radius 2 is 1.88 bits per heavy atom. The summed E-state index contributed by atoms with van der Waals surface area (Å²) in [7, 11) is 0. The van der Waals surface area contributed by atoms with Gasteiger partial charge in [-0.25, -0.2) is 4.98 Å². The predicted molar refractivity (Wildman–Crippen MR) is 113 cm³/mol. The van der Waals surface area contributed by atoms with Crippen LogP contribution in [0.4, 0.5) is 13.2 Å². The van der Waals surface area contributed by atoms with E-state index >= 15 is 0 Å². The second-order valence-corrected chi connectivity index (χ2v) is 8.02. The normalized spacial score (nSPS) is 11.5. The van der Waals surface area contributed by atoms with Gasteiger partial charge in [-0.05, 0) is 37.1 Å². The van der Waals surface area contributed by atoms with Gasteiger partial charge in [0.05, 0.1) is 17.9 Å². The number of nitrogens with one attached hydrogen (secondary N) is 1. The molecular formula is C22H22F3N3O3S. The molecule has 10 heteroatoms. The molecule has 3 aromatic rings. The van der Waals surface area contributed by atoms with Crippen molar-refractivity contribution in [3.05, 3.63) is 76.3 Å². The minimum absolute atomic E-state index is 0.131.